The van der Waals surface area contributed by atoms with Crippen molar-refractivity contribution in [2.24, 2.45) is 0 Å². The second-order valence-electron chi connectivity index (χ2n) is 7.69. The number of ether oxygens (including phenoxy) is 2. The number of methoxy groups -OCH3 is 2. The average Bonchev–Trinajstić information content (AvgIpc) is 2.67. The third-order valence-electron chi connectivity index (χ3n) is 5.23. The van der Waals surface area contributed by atoms with Crippen molar-refractivity contribution >= 4 is 28.3 Å². The van der Waals surface area contributed by atoms with Crippen LogP contribution >= 0.6 is 11.6 Å². The predicted molar refractivity (Wildman–Crippen MR) is 125 cm³/mol. The fourth-order valence-corrected chi connectivity index (χ4v) is 4.27. The van der Waals surface area contributed by atoms with Gasteiger partial charge in [0.25, 0.3) is 0 Å². The number of hydrogen-bond acceptors (Lipinski definition) is 5. The summed E-state index contributed by atoms with van der Waals surface area (Å²) < 4.78 is 10.6. The Kier molecular flexibility index (Phi) is 7.29. The van der Waals surface area contributed by atoms with E-state index in [9.17, 15) is 0 Å². The highest BCUT2D eigenvalue weighted by Crippen LogP contribution is 2.38. The number of nitrogens with zero attached hydrogens (tertiary/aromatic N) is 3. The standard InChI is InChI=1S/C24H30ClN3O2/c1-15-11-16(2)22(17(3)12-15)20-13-19(25)14-21-23(20)26-18(4)27-24(21)28(7-9-29-5)8-10-30-6/h11-14H,7-10H2,1-6H3. The highest BCUT2D eigenvalue weighted by molar-refractivity contribution is 6.32. The first-order chi connectivity index (χ1) is 14.3. The van der Waals surface area contributed by atoms with E-state index < -0.39 is 0 Å². The van der Waals surface area contributed by atoms with Gasteiger partial charge in [-0.25, -0.2) is 9.97 Å². The number of aryl methyl sites for hydroxylation is 4. The van der Waals surface area contributed by atoms with Gasteiger partial charge in [-0.3, -0.25) is 0 Å². The molecule has 30 heavy (non-hydrogen) atoms. The number of rotatable bonds is 8. The van der Waals surface area contributed by atoms with Crippen molar-refractivity contribution in [2.75, 3.05) is 45.4 Å². The van der Waals surface area contributed by atoms with Gasteiger partial charge in [0.1, 0.15) is 11.6 Å². The second kappa shape index (κ2) is 9.73. The second-order valence-corrected chi connectivity index (χ2v) is 8.13. The zero-order chi connectivity index (χ0) is 21.8. The molecule has 6 heteroatoms. The van der Waals surface area contributed by atoms with Crippen LogP contribution in [0, 0.1) is 27.7 Å². The van der Waals surface area contributed by atoms with Crippen LogP contribution in [0.25, 0.3) is 22.0 Å². The number of anilines is 1. The van der Waals surface area contributed by atoms with Crippen LogP contribution in [0.15, 0.2) is 24.3 Å². The fraction of sp³-hybridized carbons (Fsp3) is 0.417. The minimum absolute atomic E-state index is 0.595. The fourth-order valence-electron chi connectivity index (χ4n) is 4.05. The molecule has 1 aromatic heterocycles. The van der Waals surface area contributed by atoms with Crippen molar-refractivity contribution in [3.05, 3.63) is 51.8 Å². The Morgan fingerprint density at radius 1 is 0.867 bits per heavy atom. The molecule has 0 aliphatic rings. The summed E-state index contributed by atoms with van der Waals surface area (Å²) >= 11 is 6.61. The Labute approximate surface area is 184 Å². The van der Waals surface area contributed by atoms with Gasteiger partial charge in [0.15, 0.2) is 0 Å². The molecule has 0 unspecified atom stereocenters. The van der Waals surface area contributed by atoms with E-state index in [-0.39, 0.29) is 0 Å². The number of fused-ring (bicyclic) bond motifs is 1. The molecule has 0 saturated carbocycles. The molecule has 0 amide bonds. The molecule has 1 heterocycles. The lowest BCUT2D eigenvalue weighted by atomic mass is 9.92. The summed E-state index contributed by atoms with van der Waals surface area (Å²) in [6, 6.07) is 8.38. The highest BCUT2D eigenvalue weighted by atomic mass is 35.5. The number of hydrogen-bond donors (Lipinski definition) is 0. The normalized spacial score (nSPS) is 11.3. The summed E-state index contributed by atoms with van der Waals surface area (Å²) in [6.45, 7) is 10.9. The Morgan fingerprint density at radius 3 is 2.03 bits per heavy atom. The van der Waals surface area contributed by atoms with Crippen molar-refractivity contribution in [2.45, 2.75) is 27.7 Å². The number of aromatic nitrogens is 2. The predicted octanol–water partition coefficient (Wildman–Crippen LogP) is 5.28. The minimum atomic E-state index is 0.595. The van der Waals surface area contributed by atoms with E-state index in [4.69, 9.17) is 31.0 Å². The SMILES string of the molecule is COCCN(CCOC)c1nc(C)nc2c(-c3c(C)cc(C)cc3C)cc(Cl)cc12. The quantitative estimate of drug-likeness (QED) is 0.489. The van der Waals surface area contributed by atoms with Crippen molar-refractivity contribution in [3.63, 3.8) is 0 Å². The van der Waals surface area contributed by atoms with Gasteiger partial charge < -0.3 is 14.4 Å². The van der Waals surface area contributed by atoms with E-state index in [1.165, 1.54) is 22.3 Å². The van der Waals surface area contributed by atoms with E-state index >= 15 is 0 Å². The monoisotopic (exact) mass is 427 g/mol. The zero-order valence-electron chi connectivity index (χ0n) is 18.7. The summed E-state index contributed by atoms with van der Waals surface area (Å²) in [5.41, 5.74) is 6.80. The molecule has 0 radical (unpaired) electrons. The molecule has 0 spiro atoms. The Balaban J connectivity index is 2.28. The molecular formula is C24H30ClN3O2. The minimum Gasteiger partial charge on any atom is -0.383 e. The molecule has 0 aliphatic carbocycles. The van der Waals surface area contributed by atoms with Crippen molar-refractivity contribution < 1.29 is 9.47 Å². The van der Waals surface area contributed by atoms with E-state index in [0.29, 0.717) is 31.3 Å². The van der Waals surface area contributed by atoms with E-state index in [0.717, 1.165) is 28.1 Å². The van der Waals surface area contributed by atoms with E-state index in [2.05, 4.69) is 37.8 Å². The molecule has 0 saturated heterocycles. The van der Waals surface area contributed by atoms with Crippen molar-refractivity contribution in [3.8, 4) is 11.1 Å². The van der Waals surface area contributed by atoms with Crippen LogP contribution in [-0.4, -0.2) is 50.5 Å². The van der Waals surface area contributed by atoms with Gasteiger partial charge in [-0.15, -0.1) is 0 Å². The van der Waals surface area contributed by atoms with Crippen molar-refractivity contribution in [1.29, 1.82) is 0 Å². The Bertz CT molecular complexity index is 1020. The van der Waals surface area contributed by atoms with Crippen LogP contribution in [0.5, 0.6) is 0 Å². The first-order valence-corrected chi connectivity index (χ1v) is 10.5. The van der Waals surface area contributed by atoms with Gasteiger partial charge in [-0.1, -0.05) is 29.3 Å². The lowest BCUT2D eigenvalue weighted by Crippen LogP contribution is -2.31. The molecule has 0 bridgehead atoms. The van der Waals surface area contributed by atoms with Crippen LogP contribution in [-0.2, 0) is 9.47 Å². The van der Waals surface area contributed by atoms with Crippen LogP contribution in [0.1, 0.15) is 22.5 Å². The first kappa shape index (κ1) is 22.5. The topological polar surface area (TPSA) is 47.5 Å². The van der Waals surface area contributed by atoms with Gasteiger partial charge in [0.2, 0.25) is 0 Å². The van der Waals surface area contributed by atoms with Crippen LogP contribution in [0.4, 0.5) is 5.82 Å². The number of halogens is 1. The van der Waals surface area contributed by atoms with E-state index in [1.54, 1.807) is 14.2 Å². The Morgan fingerprint density at radius 2 is 1.47 bits per heavy atom. The average molecular weight is 428 g/mol. The summed E-state index contributed by atoms with van der Waals surface area (Å²) in [4.78, 5) is 11.8. The maximum absolute atomic E-state index is 6.61. The Hall–Kier alpha value is -2.21. The third kappa shape index (κ3) is 4.75. The molecule has 0 aliphatic heterocycles. The van der Waals surface area contributed by atoms with Crippen LogP contribution in [0.3, 0.4) is 0 Å². The molecule has 2 aromatic carbocycles. The highest BCUT2D eigenvalue weighted by Gasteiger charge is 2.19. The summed E-state index contributed by atoms with van der Waals surface area (Å²) in [5.74, 6) is 1.58. The molecule has 3 aromatic rings. The van der Waals surface area contributed by atoms with Gasteiger partial charge in [0, 0.05) is 43.3 Å². The van der Waals surface area contributed by atoms with Crippen molar-refractivity contribution in [1.82, 2.24) is 9.97 Å². The lowest BCUT2D eigenvalue weighted by molar-refractivity contribution is 0.190. The zero-order valence-corrected chi connectivity index (χ0v) is 19.4. The molecule has 0 atom stereocenters. The smallest absolute Gasteiger partial charge is 0.140 e. The molecular weight excluding hydrogens is 398 g/mol. The molecule has 3 rings (SSSR count). The molecule has 0 N–H and O–H groups in total. The van der Waals surface area contributed by atoms with Gasteiger partial charge in [-0.05, 0) is 56.5 Å². The largest absolute Gasteiger partial charge is 0.383 e. The molecule has 0 fully saturated rings. The van der Waals surface area contributed by atoms with Gasteiger partial charge >= 0.3 is 0 Å². The van der Waals surface area contributed by atoms with E-state index in [1.807, 2.05) is 19.1 Å². The summed E-state index contributed by atoms with van der Waals surface area (Å²) in [5, 5.41) is 1.61. The summed E-state index contributed by atoms with van der Waals surface area (Å²) in [6.07, 6.45) is 0. The summed E-state index contributed by atoms with van der Waals surface area (Å²) in [7, 11) is 3.41. The third-order valence-corrected chi connectivity index (χ3v) is 5.45. The number of benzene rings is 2. The van der Waals surface area contributed by atoms with Crippen LogP contribution < -0.4 is 4.90 Å². The molecule has 160 valence electrons. The van der Waals surface area contributed by atoms with Gasteiger partial charge in [-0.2, -0.15) is 0 Å². The first-order valence-electron chi connectivity index (χ1n) is 10.1. The lowest BCUT2D eigenvalue weighted by Gasteiger charge is -2.25. The van der Waals surface area contributed by atoms with Gasteiger partial charge in [0.05, 0.1) is 18.7 Å². The molecule has 5 nitrogen and oxygen atoms in total. The maximum atomic E-state index is 6.61. The maximum Gasteiger partial charge on any atom is 0.140 e. The van der Waals surface area contributed by atoms with Crippen LogP contribution in [0.2, 0.25) is 5.02 Å².